The number of fused-ring (bicyclic) bond motifs is 2. The van der Waals surface area contributed by atoms with E-state index in [0.717, 1.165) is 37.9 Å². The second-order valence-electron chi connectivity index (χ2n) is 7.90. The summed E-state index contributed by atoms with van der Waals surface area (Å²) in [5, 5.41) is 0. The average molecular weight is 450 g/mol. The second kappa shape index (κ2) is 9.45. The summed E-state index contributed by atoms with van der Waals surface area (Å²) in [6.07, 6.45) is 0. The smallest absolute Gasteiger partial charge is 0.265 e. The predicted molar refractivity (Wildman–Crippen MR) is 134 cm³/mol. The summed E-state index contributed by atoms with van der Waals surface area (Å²) in [4.78, 5) is 20.0. The molecule has 4 aromatic carbocycles. The van der Waals surface area contributed by atoms with E-state index in [1.165, 1.54) is 5.56 Å². The van der Waals surface area contributed by atoms with Crippen LogP contribution in [0.2, 0.25) is 0 Å². The highest BCUT2D eigenvalue weighted by Crippen LogP contribution is 2.41. The fraction of sp³-hybridized carbons (Fsp3) is 0.0714. The summed E-state index contributed by atoms with van der Waals surface area (Å²) in [6, 6.07) is 32.3. The zero-order valence-corrected chi connectivity index (χ0v) is 19.0. The van der Waals surface area contributed by atoms with Crippen LogP contribution in [0.15, 0.2) is 112 Å². The van der Waals surface area contributed by atoms with Crippen LogP contribution in [0.5, 0.6) is 0 Å². The number of nitrogens with one attached hydrogen (secondary N) is 2. The van der Waals surface area contributed by atoms with Gasteiger partial charge in [-0.3, -0.25) is 10.2 Å². The Bertz CT molecular complexity index is 1330. The van der Waals surface area contributed by atoms with Crippen LogP contribution in [-0.2, 0) is 6.54 Å². The number of hydrogen-bond donors (Lipinski definition) is 2. The van der Waals surface area contributed by atoms with Crippen molar-refractivity contribution in [2.75, 3.05) is 0 Å². The number of benzene rings is 4. The van der Waals surface area contributed by atoms with Gasteiger partial charge in [-0.2, -0.15) is 0 Å². The third-order valence-corrected chi connectivity index (χ3v) is 6.62. The van der Waals surface area contributed by atoms with Crippen LogP contribution in [0.1, 0.15) is 32.6 Å². The SMILES string of the molecule is Cc1ccc(C2=Nc3cc(C(=O)NNCc4ccccc4)ccc3Sc3ccccc32)cc1. The van der Waals surface area contributed by atoms with Crippen molar-refractivity contribution in [3.8, 4) is 0 Å². The van der Waals surface area contributed by atoms with Gasteiger partial charge >= 0.3 is 0 Å². The Kier molecular flexibility index (Phi) is 6.07. The number of carbonyl (C=O) groups is 1. The molecule has 1 aliphatic rings. The predicted octanol–water partition coefficient (Wildman–Crippen LogP) is 6.06. The Morgan fingerprint density at radius 3 is 2.42 bits per heavy atom. The molecule has 162 valence electrons. The van der Waals surface area contributed by atoms with Crippen LogP contribution in [-0.4, -0.2) is 11.6 Å². The Morgan fingerprint density at radius 1 is 0.848 bits per heavy atom. The molecule has 0 aliphatic carbocycles. The highest BCUT2D eigenvalue weighted by atomic mass is 32.2. The van der Waals surface area contributed by atoms with Gasteiger partial charge in [-0.25, -0.2) is 10.4 Å². The van der Waals surface area contributed by atoms with E-state index in [1.54, 1.807) is 11.8 Å². The van der Waals surface area contributed by atoms with Crippen LogP contribution < -0.4 is 10.9 Å². The van der Waals surface area contributed by atoms with Crippen molar-refractivity contribution in [1.29, 1.82) is 0 Å². The molecular formula is C28H23N3OS. The lowest BCUT2D eigenvalue weighted by Gasteiger charge is -2.09. The number of aliphatic imine (C=N–C) groups is 1. The van der Waals surface area contributed by atoms with Crippen molar-refractivity contribution >= 4 is 29.1 Å². The monoisotopic (exact) mass is 449 g/mol. The Labute approximate surface area is 197 Å². The average Bonchev–Trinajstić information content (AvgIpc) is 3.01. The molecular weight excluding hydrogens is 426 g/mol. The number of carbonyl (C=O) groups excluding carboxylic acids is 1. The standard InChI is InChI=1S/C28H23N3OS/c1-19-11-13-21(14-12-19)27-23-9-5-6-10-25(23)33-26-16-15-22(17-24(26)30-27)28(32)31-29-18-20-7-3-2-4-8-20/h2-17,29H,18H2,1H3,(H,31,32). The molecule has 0 aromatic heterocycles. The molecule has 0 radical (unpaired) electrons. The highest BCUT2D eigenvalue weighted by Gasteiger charge is 2.19. The van der Waals surface area contributed by atoms with E-state index in [4.69, 9.17) is 4.99 Å². The fourth-order valence-corrected chi connectivity index (χ4v) is 4.71. The maximum Gasteiger partial charge on any atom is 0.265 e. The first-order valence-electron chi connectivity index (χ1n) is 10.8. The second-order valence-corrected chi connectivity index (χ2v) is 8.98. The number of rotatable bonds is 5. The van der Waals surface area contributed by atoms with Gasteiger partial charge in [0.1, 0.15) is 0 Å². The van der Waals surface area contributed by atoms with Gasteiger partial charge in [-0.05, 0) is 36.8 Å². The number of hydrazine groups is 1. The number of aryl methyl sites for hydroxylation is 1. The maximum absolute atomic E-state index is 12.8. The molecule has 0 fully saturated rings. The first-order chi connectivity index (χ1) is 16.2. The third-order valence-electron chi connectivity index (χ3n) is 5.48. The van der Waals surface area contributed by atoms with Gasteiger partial charge in [0.2, 0.25) is 0 Å². The topological polar surface area (TPSA) is 53.5 Å². The van der Waals surface area contributed by atoms with Crippen molar-refractivity contribution in [2.24, 2.45) is 4.99 Å². The number of nitrogens with zero attached hydrogens (tertiary/aromatic N) is 1. The molecule has 0 bridgehead atoms. The third kappa shape index (κ3) is 4.75. The summed E-state index contributed by atoms with van der Waals surface area (Å²) < 4.78 is 0. The summed E-state index contributed by atoms with van der Waals surface area (Å²) in [6.45, 7) is 2.63. The summed E-state index contributed by atoms with van der Waals surface area (Å²) >= 11 is 1.68. The summed E-state index contributed by atoms with van der Waals surface area (Å²) in [5.74, 6) is -0.187. The van der Waals surface area contributed by atoms with E-state index in [9.17, 15) is 4.79 Å². The molecule has 0 unspecified atom stereocenters. The first kappa shape index (κ1) is 21.2. The molecule has 4 nitrogen and oxygen atoms in total. The van der Waals surface area contributed by atoms with Gasteiger partial charge in [-0.1, -0.05) is 90.1 Å². The number of amides is 1. The van der Waals surface area contributed by atoms with Crippen LogP contribution in [0.4, 0.5) is 5.69 Å². The molecule has 0 atom stereocenters. The highest BCUT2D eigenvalue weighted by molar-refractivity contribution is 7.99. The van der Waals surface area contributed by atoms with E-state index >= 15 is 0 Å². The van der Waals surface area contributed by atoms with E-state index in [-0.39, 0.29) is 5.91 Å². The Morgan fingerprint density at radius 2 is 1.61 bits per heavy atom. The molecule has 4 aromatic rings. The van der Waals surface area contributed by atoms with Gasteiger partial charge in [-0.15, -0.1) is 0 Å². The van der Waals surface area contributed by atoms with E-state index in [1.807, 2.05) is 60.7 Å². The summed E-state index contributed by atoms with van der Waals surface area (Å²) in [7, 11) is 0. The largest absolute Gasteiger partial charge is 0.287 e. The van der Waals surface area contributed by atoms with Crippen LogP contribution in [0, 0.1) is 6.92 Å². The molecule has 2 N–H and O–H groups in total. The minimum Gasteiger partial charge on any atom is -0.287 e. The Balaban J connectivity index is 1.45. The zero-order chi connectivity index (χ0) is 22.6. The maximum atomic E-state index is 12.8. The Hall–Kier alpha value is -3.67. The number of hydrogen-bond acceptors (Lipinski definition) is 4. The van der Waals surface area contributed by atoms with Crippen molar-refractivity contribution in [3.63, 3.8) is 0 Å². The van der Waals surface area contributed by atoms with Crippen molar-refractivity contribution in [2.45, 2.75) is 23.3 Å². The van der Waals surface area contributed by atoms with Gasteiger partial charge < -0.3 is 0 Å². The van der Waals surface area contributed by atoms with Gasteiger partial charge in [0.25, 0.3) is 5.91 Å². The fourth-order valence-electron chi connectivity index (χ4n) is 3.71. The molecule has 33 heavy (non-hydrogen) atoms. The van der Waals surface area contributed by atoms with Crippen molar-refractivity contribution in [1.82, 2.24) is 10.9 Å². The lowest BCUT2D eigenvalue weighted by atomic mass is 10.0. The molecule has 5 heteroatoms. The molecule has 1 amide bonds. The van der Waals surface area contributed by atoms with E-state index in [2.05, 4.69) is 54.2 Å². The lowest BCUT2D eigenvalue weighted by Crippen LogP contribution is -2.36. The molecule has 1 aliphatic heterocycles. The summed E-state index contributed by atoms with van der Waals surface area (Å²) in [5.41, 5.74) is 12.5. The van der Waals surface area contributed by atoms with Crippen LogP contribution in [0.3, 0.4) is 0 Å². The minimum absolute atomic E-state index is 0.187. The van der Waals surface area contributed by atoms with Crippen LogP contribution in [0.25, 0.3) is 0 Å². The van der Waals surface area contributed by atoms with E-state index in [0.29, 0.717) is 12.1 Å². The molecule has 0 spiro atoms. The molecule has 0 saturated heterocycles. The van der Waals surface area contributed by atoms with Gasteiger partial charge in [0, 0.05) is 33.0 Å². The zero-order valence-electron chi connectivity index (χ0n) is 18.2. The normalized spacial score (nSPS) is 12.2. The van der Waals surface area contributed by atoms with Crippen LogP contribution >= 0.6 is 11.8 Å². The molecule has 0 saturated carbocycles. The van der Waals surface area contributed by atoms with Crippen molar-refractivity contribution in [3.05, 3.63) is 125 Å². The van der Waals surface area contributed by atoms with E-state index < -0.39 is 0 Å². The van der Waals surface area contributed by atoms with Gasteiger partial charge in [0.15, 0.2) is 0 Å². The quantitative estimate of drug-likeness (QED) is 0.321. The lowest BCUT2D eigenvalue weighted by molar-refractivity contribution is 0.0932. The first-order valence-corrected chi connectivity index (χ1v) is 11.6. The molecule has 5 rings (SSSR count). The molecule has 1 heterocycles. The minimum atomic E-state index is -0.187. The van der Waals surface area contributed by atoms with Gasteiger partial charge in [0.05, 0.1) is 11.4 Å². The van der Waals surface area contributed by atoms with Crippen molar-refractivity contribution < 1.29 is 4.79 Å².